The van der Waals surface area contributed by atoms with Gasteiger partial charge in [-0.1, -0.05) is 0 Å². The topological polar surface area (TPSA) is 47.6 Å². The molecule has 0 aliphatic rings. The van der Waals surface area contributed by atoms with E-state index < -0.39 is 0 Å². The average Bonchev–Trinajstić information content (AvgIpc) is 2.37. The summed E-state index contributed by atoms with van der Waals surface area (Å²) in [6.45, 7) is 0. The zero-order valence-electron chi connectivity index (χ0n) is 5.16. The predicted molar refractivity (Wildman–Crippen MR) is 38.4 cm³/mol. The summed E-state index contributed by atoms with van der Waals surface area (Å²) >= 11 is 1.45. The molecule has 0 unspecified atom stereocenters. The van der Waals surface area contributed by atoms with Crippen molar-refractivity contribution in [1.82, 2.24) is 0 Å². The van der Waals surface area contributed by atoms with E-state index in [0.29, 0.717) is 12.0 Å². The molecule has 0 saturated heterocycles. The smallest absolute Gasteiger partial charge is 0.100 e. The van der Waals surface area contributed by atoms with E-state index in [1.807, 2.05) is 12.1 Å². The van der Waals surface area contributed by atoms with Crippen LogP contribution in [0.25, 0.3) is 0 Å². The Bertz CT molecular complexity index is 300. The second kappa shape index (κ2) is 3.00. The van der Waals surface area contributed by atoms with Crippen molar-refractivity contribution in [1.29, 1.82) is 10.5 Å². The summed E-state index contributed by atoms with van der Waals surface area (Å²) in [5, 5.41) is 18.4. The number of hydrogen-bond acceptors (Lipinski definition) is 3. The van der Waals surface area contributed by atoms with Crippen molar-refractivity contribution in [2.24, 2.45) is 0 Å². The molecule has 0 spiro atoms. The maximum absolute atomic E-state index is 8.39. The molecular weight excluding hydrogens is 144 g/mol. The fourth-order valence-corrected chi connectivity index (χ4v) is 1.35. The molecule has 0 radical (unpaired) electrons. The third kappa shape index (κ3) is 1.34. The van der Waals surface area contributed by atoms with Gasteiger partial charge in [-0.15, -0.1) is 11.3 Å². The van der Waals surface area contributed by atoms with Crippen LogP contribution in [0.2, 0.25) is 0 Å². The molecule has 10 heavy (non-hydrogen) atoms. The summed E-state index contributed by atoms with van der Waals surface area (Å²) in [5.41, 5.74) is 0.648. The van der Waals surface area contributed by atoms with Crippen LogP contribution < -0.4 is 0 Å². The normalized spacial score (nSPS) is 8.20. The van der Waals surface area contributed by atoms with Crippen molar-refractivity contribution in [3.8, 4) is 12.1 Å². The number of hydrogen-bond donors (Lipinski definition) is 0. The molecule has 1 aromatic heterocycles. The van der Waals surface area contributed by atoms with Crippen LogP contribution in [0.4, 0.5) is 0 Å². The van der Waals surface area contributed by atoms with Gasteiger partial charge < -0.3 is 0 Å². The lowest BCUT2D eigenvalue weighted by Crippen LogP contribution is -1.70. The molecule has 0 fully saturated rings. The van der Waals surface area contributed by atoms with E-state index in [1.165, 1.54) is 11.3 Å². The van der Waals surface area contributed by atoms with E-state index in [-0.39, 0.29) is 0 Å². The molecule has 1 aromatic rings. The fourth-order valence-electron chi connectivity index (χ4n) is 0.610. The van der Waals surface area contributed by atoms with Gasteiger partial charge in [0.05, 0.1) is 18.1 Å². The Balaban J connectivity index is 2.83. The first kappa shape index (κ1) is 6.80. The second-order valence-electron chi connectivity index (χ2n) is 1.75. The van der Waals surface area contributed by atoms with Gasteiger partial charge in [0, 0.05) is 10.3 Å². The Kier molecular flexibility index (Phi) is 2.04. The lowest BCUT2D eigenvalue weighted by atomic mass is 10.3. The molecule has 0 N–H and O–H groups in total. The lowest BCUT2D eigenvalue weighted by molar-refractivity contribution is 1.32. The van der Waals surface area contributed by atoms with Crippen LogP contribution in [0.5, 0.6) is 0 Å². The molecule has 0 aliphatic heterocycles. The van der Waals surface area contributed by atoms with Crippen molar-refractivity contribution in [2.45, 2.75) is 6.42 Å². The van der Waals surface area contributed by atoms with E-state index in [9.17, 15) is 0 Å². The van der Waals surface area contributed by atoms with Crippen molar-refractivity contribution < 1.29 is 0 Å². The number of nitrogens with zero attached hydrogens (tertiary/aromatic N) is 2. The molecular formula is C7H4N2S. The minimum Gasteiger partial charge on any atom is -0.198 e. The first-order valence-corrected chi connectivity index (χ1v) is 3.59. The molecule has 0 atom stereocenters. The molecule has 0 saturated carbocycles. The highest BCUT2D eigenvalue weighted by Crippen LogP contribution is 2.13. The summed E-state index contributed by atoms with van der Waals surface area (Å²) in [6, 6.07) is 5.77. The minimum absolute atomic E-state index is 0.409. The van der Waals surface area contributed by atoms with Gasteiger partial charge in [0.25, 0.3) is 0 Å². The van der Waals surface area contributed by atoms with Gasteiger partial charge in [0.1, 0.15) is 6.07 Å². The zero-order chi connectivity index (χ0) is 7.40. The van der Waals surface area contributed by atoms with Crippen molar-refractivity contribution in [3.63, 3.8) is 0 Å². The van der Waals surface area contributed by atoms with E-state index in [4.69, 9.17) is 10.5 Å². The SMILES string of the molecule is N#CCc1cc(C#N)cs1. The Morgan fingerprint density at radius 3 is 2.80 bits per heavy atom. The van der Waals surface area contributed by atoms with Crippen LogP contribution in [-0.4, -0.2) is 0 Å². The summed E-state index contributed by atoms with van der Waals surface area (Å²) in [5.74, 6) is 0. The van der Waals surface area contributed by atoms with E-state index in [0.717, 1.165) is 4.88 Å². The highest BCUT2D eigenvalue weighted by Gasteiger charge is 1.96. The van der Waals surface area contributed by atoms with E-state index in [1.54, 1.807) is 11.4 Å². The van der Waals surface area contributed by atoms with Crippen LogP contribution in [-0.2, 0) is 6.42 Å². The Morgan fingerprint density at radius 1 is 1.50 bits per heavy atom. The quantitative estimate of drug-likeness (QED) is 0.608. The van der Waals surface area contributed by atoms with Gasteiger partial charge in [0.2, 0.25) is 0 Å². The first-order valence-electron chi connectivity index (χ1n) is 2.71. The standard InChI is InChI=1S/C7H4N2S/c8-2-1-7-3-6(4-9)5-10-7/h3,5H,1H2. The molecule has 3 heteroatoms. The average molecular weight is 148 g/mol. The van der Waals surface area contributed by atoms with Crippen LogP contribution in [0, 0.1) is 22.7 Å². The predicted octanol–water partition coefficient (Wildman–Crippen LogP) is 1.69. The molecule has 48 valence electrons. The zero-order valence-corrected chi connectivity index (χ0v) is 5.98. The summed E-state index contributed by atoms with van der Waals surface area (Å²) < 4.78 is 0. The van der Waals surface area contributed by atoms with Gasteiger partial charge in [-0.05, 0) is 6.07 Å². The number of thiophene rings is 1. The third-order valence-corrected chi connectivity index (χ3v) is 1.97. The van der Waals surface area contributed by atoms with E-state index >= 15 is 0 Å². The monoisotopic (exact) mass is 148 g/mol. The van der Waals surface area contributed by atoms with Crippen LogP contribution in [0.1, 0.15) is 10.4 Å². The van der Waals surface area contributed by atoms with Gasteiger partial charge >= 0.3 is 0 Å². The van der Waals surface area contributed by atoms with Gasteiger partial charge in [-0.25, -0.2) is 0 Å². The van der Waals surface area contributed by atoms with Crippen molar-refractivity contribution in [2.75, 3.05) is 0 Å². The molecule has 2 nitrogen and oxygen atoms in total. The van der Waals surface area contributed by atoms with E-state index in [2.05, 4.69) is 0 Å². The molecule has 1 rings (SSSR count). The van der Waals surface area contributed by atoms with Gasteiger partial charge in [-0.2, -0.15) is 10.5 Å². The molecule has 1 heterocycles. The Hall–Kier alpha value is -1.32. The number of nitriles is 2. The summed E-state index contributed by atoms with van der Waals surface area (Å²) in [4.78, 5) is 0.957. The summed E-state index contributed by atoms with van der Waals surface area (Å²) in [6.07, 6.45) is 0.409. The second-order valence-corrected chi connectivity index (χ2v) is 2.74. The van der Waals surface area contributed by atoms with Crippen LogP contribution >= 0.6 is 11.3 Å². The van der Waals surface area contributed by atoms with Crippen molar-refractivity contribution in [3.05, 3.63) is 21.9 Å². The maximum atomic E-state index is 8.39. The minimum atomic E-state index is 0.409. The van der Waals surface area contributed by atoms with Gasteiger partial charge in [-0.3, -0.25) is 0 Å². The molecule has 0 aromatic carbocycles. The van der Waals surface area contributed by atoms with Crippen molar-refractivity contribution >= 4 is 11.3 Å². The molecule has 0 amide bonds. The fraction of sp³-hybridized carbons (Fsp3) is 0.143. The largest absolute Gasteiger partial charge is 0.198 e. The first-order chi connectivity index (χ1) is 4.86. The molecule has 0 bridgehead atoms. The highest BCUT2D eigenvalue weighted by atomic mass is 32.1. The Morgan fingerprint density at radius 2 is 2.30 bits per heavy atom. The highest BCUT2D eigenvalue weighted by molar-refractivity contribution is 7.10. The van der Waals surface area contributed by atoms with Crippen LogP contribution in [0.15, 0.2) is 11.4 Å². The maximum Gasteiger partial charge on any atom is 0.100 e. The molecule has 0 aliphatic carbocycles. The van der Waals surface area contributed by atoms with Gasteiger partial charge in [0.15, 0.2) is 0 Å². The third-order valence-electron chi connectivity index (χ3n) is 1.04. The summed E-state index contributed by atoms with van der Waals surface area (Å²) in [7, 11) is 0. The number of rotatable bonds is 1. The lowest BCUT2D eigenvalue weighted by Gasteiger charge is -1.77. The Labute approximate surface area is 63.0 Å². The van der Waals surface area contributed by atoms with Crippen LogP contribution in [0.3, 0.4) is 0 Å².